The fourth-order valence-electron chi connectivity index (χ4n) is 5.79. The molecular weight excluding hydrogens is 585 g/mol. The van der Waals surface area contributed by atoms with Gasteiger partial charge in [0.25, 0.3) is 5.91 Å². The van der Waals surface area contributed by atoms with Crippen LogP contribution in [0.15, 0.2) is 48.5 Å². The lowest BCUT2D eigenvalue weighted by molar-refractivity contribution is -0.258. The molecule has 3 aliphatic heterocycles. The van der Waals surface area contributed by atoms with E-state index in [1.54, 1.807) is 12.1 Å². The molecule has 3 N–H and O–H groups in total. The number of benzene rings is 3. The highest BCUT2D eigenvalue weighted by atomic mass is 35.5. The molecule has 42 heavy (non-hydrogen) atoms. The van der Waals surface area contributed by atoms with Crippen molar-refractivity contribution in [3.8, 4) is 0 Å². The van der Waals surface area contributed by atoms with E-state index >= 15 is 0 Å². The average molecular weight is 608 g/mol. The molecule has 3 aromatic rings. The predicted molar refractivity (Wildman–Crippen MR) is 143 cm³/mol. The molecule has 6 rings (SSSR count). The molecule has 0 bridgehead atoms. The monoisotopic (exact) mass is 607 g/mol. The summed E-state index contributed by atoms with van der Waals surface area (Å²) in [5, 5.41) is 16.1. The molecule has 0 spiro atoms. The maximum absolute atomic E-state index is 14.2. The molecule has 1 saturated heterocycles. The topological polar surface area (TPSA) is 90.9 Å². The Labute approximate surface area is 241 Å². The van der Waals surface area contributed by atoms with Gasteiger partial charge in [-0.05, 0) is 60.5 Å². The van der Waals surface area contributed by atoms with Gasteiger partial charge in [0.05, 0.1) is 31.5 Å². The Hall–Kier alpha value is -3.74. The van der Waals surface area contributed by atoms with Gasteiger partial charge < -0.3 is 20.5 Å². The fraction of sp³-hybridized carbons (Fsp3) is 0.310. The number of aliphatic hydroxyl groups is 1. The molecular formula is C29H23ClF5N3O4. The van der Waals surface area contributed by atoms with Crippen molar-refractivity contribution in [2.24, 2.45) is 5.41 Å². The molecule has 220 valence electrons. The molecule has 1 fully saturated rings. The van der Waals surface area contributed by atoms with Gasteiger partial charge in [0, 0.05) is 38.4 Å². The summed E-state index contributed by atoms with van der Waals surface area (Å²) in [6.45, 7) is 1.69. The Bertz CT molecular complexity index is 1640. The lowest BCUT2D eigenvalue weighted by Gasteiger charge is -2.38. The van der Waals surface area contributed by atoms with Crippen LogP contribution in [0.4, 0.5) is 38.1 Å². The number of urea groups is 1. The zero-order valence-corrected chi connectivity index (χ0v) is 22.7. The third-order valence-corrected chi connectivity index (χ3v) is 8.23. The van der Waals surface area contributed by atoms with Crippen molar-refractivity contribution >= 4 is 34.9 Å². The number of nitrogens with one attached hydrogen (secondary N) is 2. The van der Waals surface area contributed by atoms with Crippen LogP contribution in [0.25, 0.3) is 0 Å². The van der Waals surface area contributed by atoms with Crippen LogP contribution in [0, 0.1) is 17.0 Å². The normalized spacial score (nSPS) is 22.3. The highest BCUT2D eigenvalue weighted by molar-refractivity contribution is 6.31. The number of nitrogens with zero attached hydrogens (tertiary/aromatic N) is 1. The maximum atomic E-state index is 14.2. The lowest BCUT2D eigenvalue weighted by Crippen LogP contribution is -2.48. The van der Waals surface area contributed by atoms with Crippen molar-refractivity contribution in [3.63, 3.8) is 0 Å². The molecule has 2 atom stereocenters. The zero-order chi connectivity index (χ0) is 30.2. The van der Waals surface area contributed by atoms with Crippen LogP contribution >= 0.6 is 11.6 Å². The van der Waals surface area contributed by atoms with E-state index in [0.29, 0.717) is 36.2 Å². The summed E-state index contributed by atoms with van der Waals surface area (Å²) in [6, 6.07) is 7.19. The molecule has 0 saturated carbocycles. The van der Waals surface area contributed by atoms with Gasteiger partial charge >= 0.3 is 12.2 Å². The van der Waals surface area contributed by atoms with Gasteiger partial charge in [-0.3, -0.25) is 9.69 Å². The zero-order valence-electron chi connectivity index (χ0n) is 21.9. The molecule has 0 aromatic heterocycles. The van der Waals surface area contributed by atoms with Gasteiger partial charge in [-0.15, -0.1) is 0 Å². The van der Waals surface area contributed by atoms with E-state index in [1.807, 2.05) is 6.92 Å². The number of β-amino-alcohol motifs (C(OH)–C–C–N with tert-alkyl or cyclic N) is 1. The van der Waals surface area contributed by atoms with Gasteiger partial charge in [0.2, 0.25) is 5.60 Å². The van der Waals surface area contributed by atoms with Gasteiger partial charge in [0.1, 0.15) is 11.6 Å². The van der Waals surface area contributed by atoms with E-state index in [9.17, 15) is 36.6 Å². The third-order valence-electron chi connectivity index (χ3n) is 7.89. The van der Waals surface area contributed by atoms with Crippen molar-refractivity contribution < 1.29 is 41.4 Å². The van der Waals surface area contributed by atoms with Crippen LogP contribution in [0.1, 0.15) is 45.6 Å². The van der Waals surface area contributed by atoms with Crippen molar-refractivity contribution in [2.45, 2.75) is 31.2 Å². The molecule has 0 radical (unpaired) electrons. The molecule has 0 aliphatic carbocycles. The van der Waals surface area contributed by atoms with Gasteiger partial charge in [0.15, 0.2) is 0 Å². The number of amides is 3. The molecule has 3 aromatic carbocycles. The Morgan fingerprint density at radius 2 is 1.83 bits per heavy atom. The summed E-state index contributed by atoms with van der Waals surface area (Å²) >= 11 is 6.35. The first-order valence-corrected chi connectivity index (χ1v) is 13.2. The highest BCUT2D eigenvalue weighted by Gasteiger charge is 2.61. The maximum Gasteiger partial charge on any atom is 0.423 e. The fourth-order valence-corrected chi connectivity index (χ4v) is 6.02. The van der Waals surface area contributed by atoms with E-state index in [4.69, 9.17) is 16.3 Å². The molecule has 0 unspecified atom stereocenters. The summed E-state index contributed by atoms with van der Waals surface area (Å²) < 4.78 is 75.4. The van der Waals surface area contributed by atoms with Crippen molar-refractivity contribution in [3.05, 3.63) is 93.0 Å². The number of carbonyl (C=O) groups is 2. The molecule has 7 nitrogen and oxygen atoms in total. The predicted octanol–water partition coefficient (Wildman–Crippen LogP) is 5.83. The number of halogens is 6. The Morgan fingerprint density at radius 3 is 2.50 bits per heavy atom. The van der Waals surface area contributed by atoms with Gasteiger partial charge in [-0.25, -0.2) is 13.6 Å². The summed E-state index contributed by atoms with van der Waals surface area (Å²) in [5.41, 5.74) is -3.55. The van der Waals surface area contributed by atoms with E-state index in [2.05, 4.69) is 10.6 Å². The smallest absolute Gasteiger partial charge is 0.380 e. The van der Waals surface area contributed by atoms with Crippen molar-refractivity contribution in [1.82, 2.24) is 5.32 Å². The van der Waals surface area contributed by atoms with Crippen LogP contribution in [0.2, 0.25) is 5.02 Å². The Morgan fingerprint density at radius 1 is 1.14 bits per heavy atom. The van der Waals surface area contributed by atoms with E-state index < -0.39 is 53.5 Å². The second kappa shape index (κ2) is 9.65. The summed E-state index contributed by atoms with van der Waals surface area (Å²) in [6.07, 6.45) is -4.76. The minimum Gasteiger partial charge on any atom is -0.380 e. The number of alkyl halides is 3. The van der Waals surface area contributed by atoms with Crippen LogP contribution in [-0.4, -0.2) is 43.0 Å². The van der Waals surface area contributed by atoms with E-state index in [-0.39, 0.29) is 38.5 Å². The SMILES string of the molecule is CC1(Cc2cc(NC(=O)N3C[C@](O)(C(F)(F)F)c4cc(F)ccc43)c3c(c2)C(=O)N[C@@H]3c2cc(F)ccc2Cl)COC1. The summed E-state index contributed by atoms with van der Waals surface area (Å²) in [4.78, 5) is 27.4. The van der Waals surface area contributed by atoms with Gasteiger partial charge in [-0.1, -0.05) is 18.5 Å². The number of hydrogen-bond donors (Lipinski definition) is 3. The number of ether oxygens (including phenoxy) is 1. The number of rotatable bonds is 4. The number of fused-ring (bicyclic) bond motifs is 2. The van der Waals surface area contributed by atoms with E-state index in [0.717, 1.165) is 24.3 Å². The minimum absolute atomic E-state index is 0.0751. The quantitative estimate of drug-likeness (QED) is 0.326. The highest BCUT2D eigenvalue weighted by Crippen LogP contribution is 2.49. The first kappa shape index (κ1) is 28.4. The summed E-state index contributed by atoms with van der Waals surface area (Å²) in [7, 11) is 0. The standard InChI is InChI=1S/C29H23ClF5N3O4/c1-27(12-42-13-27)10-14-6-18-23(24(37-25(18)39)17-8-15(31)2-4-20(17)30)21(7-14)36-26(40)38-11-28(41,29(33,34)35)19-9-16(32)3-5-22(19)38/h2-9,24,41H,10-13H2,1H3,(H,36,40)(H,37,39)/t24-,28-/m1/s1. The molecule has 13 heteroatoms. The van der Waals surface area contributed by atoms with Crippen LogP contribution < -0.4 is 15.5 Å². The number of hydrogen-bond acceptors (Lipinski definition) is 4. The van der Waals surface area contributed by atoms with Crippen LogP contribution in [-0.2, 0) is 16.8 Å². The molecule has 3 heterocycles. The van der Waals surface area contributed by atoms with Crippen molar-refractivity contribution in [1.29, 1.82) is 0 Å². The van der Waals surface area contributed by atoms with Crippen LogP contribution in [0.5, 0.6) is 0 Å². The van der Waals surface area contributed by atoms with Crippen LogP contribution in [0.3, 0.4) is 0 Å². The average Bonchev–Trinajstić information content (AvgIpc) is 3.39. The third kappa shape index (κ3) is 4.58. The minimum atomic E-state index is -5.22. The lowest BCUT2D eigenvalue weighted by atomic mass is 9.81. The van der Waals surface area contributed by atoms with Crippen molar-refractivity contribution in [2.75, 3.05) is 30.0 Å². The first-order chi connectivity index (χ1) is 19.7. The Kier molecular flexibility index (Phi) is 6.52. The number of carbonyl (C=O) groups excluding carboxylic acids is 2. The second-order valence-corrected chi connectivity index (χ2v) is 11.6. The Balaban J connectivity index is 1.44. The summed E-state index contributed by atoms with van der Waals surface area (Å²) in [5.74, 6) is -2.15. The molecule has 3 amide bonds. The number of anilines is 2. The second-order valence-electron chi connectivity index (χ2n) is 11.2. The van der Waals surface area contributed by atoms with Gasteiger partial charge in [-0.2, -0.15) is 13.2 Å². The van der Waals surface area contributed by atoms with E-state index in [1.165, 1.54) is 6.07 Å². The first-order valence-electron chi connectivity index (χ1n) is 12.9. The largest absolute Gasteiger partial charge is 0.423 e. The molecule has 3 aliphatic rings.